The minimum atomic E-state index is -4.93. The predicted molar refractivity (Wildman–Crippen MR) is 75.6 cm³/mol. The van der Waals surface area contributed by atoms with E-state index in [4.69, 9.17) is 0 Å². The van der Waals surface area contributed by atoms with Crippen molar-refractivity contribution in [2.24, 2.45) is 0 Å². The second-order valence-corrected chi connectivity index (χ2v) is 6.51. The molecule has 0 nitrogen and oxygen atoms in total. The second-order valence-electron chi connectivity index (χ2n) is 4.33. The molecule has 0 fully saturated rings. The van der Waals surface area contributed by atoms with Gasteiger partial charge in [0.05, 0.1) is 5.56 Å². The van der Waals surface area contributed by atoms with E-state index < -0.39 is 67.1 Å². The largest absolute Gasteiger partial charge is 0.446 e. The standard InChI is InChI=1S/C14H6F8S2/c15-8-4-2-5-9(16)11(8)7-3-1-6-10(23-13(17,18)19)12(7)24-14(20,21)22/h1-6H. The summed E-state index contributed by atoms with van der Waals surface area (Å²) in [4.78, 5) is -1.69. The highest BCUT2D eigenvalue weighted by Crippen LogP contribution is 2.50. The Morgan fingerprint density at radius 2 is 1.17 bits per heavy atom. The molecule has 0 radical (unpaired) electrons. The van der Waals surface area contributed by atoms with E-state index >= 15 is 0 Å². The summed E-state index contributed by atoms with van der Waals surface area (Å²) in [6.45, 7) is 0. The Labute approximate surface area is 139 Å². The molecule has 0 heterocycles. The minimum absolute atomic E-state index is 0.595. The fraction of sp³-hybridized carbons (Fsp3) is 0.143. The number of alkyl halides is 6. The van der Waals surface area contributed by atoms with Crippen molar-refractivity contribution in [3.8, 4) is 11.1 Å². The quantitative estimate of drug-likeness (QED) is 0.415. The zero-order valence-corrected chi connectivity index (χ0v) is 12.9. The normalized spacial score (nSPS) is 12.5. The fourth-order valence-electron chi connectivity index (χ4n) is 1.89. The van der Waals surface area contributed by atoms with Gasteiger partial charge < -0.3 is 0 Å². The van der Waals surface area contributed by atoms with E-state index in [1.807, 2.05) is 0 Å². The van der Waals surface area contributed by atoms with Crippen LogP contribution in [-0.4, -0.2) is 11.0 Å². The van der Waals surface area contributed by atoms with Crippen LogP contribution in [0.4, 0.5) is 35.1 Å². The Kier molecular flexibility index (Phi) is 5.38. The Balaban J connectivity index is 2.69. The first-order valence-corrected chi connectivity index (χ1v) is 7.70. The molecule has 0 atom stereocenters. The van der Waals surface area contributed by atoms with Gasteiger partial charge in [0.1, 0.15) is 11.6 Å². The van der Waals surface area contributed by atoms with Crippen LogP contribution in [0.5, 0.6) is 0 Å². The summed E-state index contributed by atoms with van der Waals surface area (Å²) in [7, 11) is 0. The number of rotatable bonds is 3. The third-order valence-corrected chi connectivity index (χ3v) is 4.45. The zero-order valence-electron chi connectivity index (χ0n) is 11.3. The molecule has 0 unspecified atom stereocenters. The topological polar surface area (TPSA) is 0 Å². The highest BCUT2D eigenvalue weighted by atomic mass is 32.2. The SMILES string of the molecule is Fc1cccc(F)c1-c1cccc(SC(F)(F)F)c1SC(F)(F)F. The molecule has 2 rings (SSSR count). The second kappa shape index (κ2) is 6.83. The summed E-state index contributed by atoms with van der Waals surface area (Å²) < 4.78 is 104. The number of halogens is 8. The lowest BCUT2D eigenvalue weighted by Crippen LogP contribution is -2.05. The first-order valence-electron chi connectivity index (χ1n) is 6.07. The van der Waals surface area contributed by atoms with Crippen molar-refractivity contribution >= 4 is 23.5 Å². The van der Waals surface area contributed by atoms with E-state index in [9.17, 15) is 35.1 Å². The molecule has 0 aliphatic rings. The van der Waals surface area contributed by atoms with E-state index in [0.29, 0.717) is 0 Å². The van der Waals surface area contributed by atoms with Crippen molar-refractivity contribution in [3.05, 3.63) is 48.0 Å². The summed E-state index contributed by atoms with van der Waals surface area (Å²) in [5.74, 6) is -2.35. The molecule has 10 heteroatoms. The van der Waals surface area contributed by atoms with Gasteiger partial charge in [0.15, 0.2) is 0 Å². The minimum Gasteiger partial charge on any atom is -0.206 e. The third-order valence-electron chi connectivity index (χ3n) is 2.65. The van der Waals surface area contributed by atoms with Crippen molar-refractivity contribution in [1.82, 2.24) is 0 Å². The van der Waals surface area contributed by atoms with Gasteiger partial charge in [0.25, 0.3) is 0 Å². The first kappa shape index (κ1) is 18.9. The van der Waals surface area contributed by atoms with Crippen molar-refractivity contribution in [2.45, 2.75) is 20.8 Å². The fourth-order valence-corrected chi connectivity index (χ4v) is 3.42. The maximum atomic E-state index is 13.9. The van der Waals surface area contributed by atoms with Crippen molar-refractivity contribution < 1.29 is 35.1 Å². The van der Waals surface area contributed by atoms with E-state index in [1.54, 1.807) is 0 Å². The van der Waals surface area contributed by atoms with E-state index in [0.717, 1.165) is 36.4 Å². The van der Waals surface area contributed by atoms with Crippen LogP contribution in [-0.2, 0) is 0 Å². The van der Waals surface area contributed by atoms with Gasteiger partial charge in [-0.3, -0.25) is 0 Å². The number of hydrogen-bond donors (Lipinski definition) is 0. The maximum Gasteiger partial charge on any atom is 0.446 e. The molecular weight excluding hydrogens is 384 g/mol. The summed E-state index contributed by atoms with van der Waals surface area (Å²) in [5, 5.41) is 0. The molecule has 0 spiro atoms. The van der Waals surface area contributed by atoms with Gasteiger partial charge in [-0.25, -0.2) is 8.78 Å². The number of benzene rings is 2. The van der Waals surface area contributed by atoms with Gasteiger partial charge in [0, 0.05) is 15.4 Å². The average molecular weight is 390 g/mol. The van der Waals surface area contributed by atoms with Crippen molar-refractivity contribution in [3.63, 3.8) is 0 Å². The molecule has 24 heavy (non-hydrogen) atoms. The summed E-state index contributed by atoms with van der Waals surface area (Å²) >= 11 is -1.62. The Morgan fingerprint density at radius 3 is 1.67 bits per heavy atom. The Hall–Kier alpha value is -1.42. The first-order chi connectivity index (χ1) is 11.0. The van der Waals surface area contributed by atoms with Gasteiger partial charge in [0.2, 0.25) is 0 Å². The van der Waals surface area contributed by atoms with Gasteiger partial charge in [-0.05, 0) is 41.7 Å². The Bertz CT molecular complexity index is 716. The molecule has 0 N–H and O–H groups in total. The van der Waals surface area contributed by atoms with Gasteiger partial charge in [-0.1, -0.05) is 18.2 Å². The van der Waals surface area contributed by atoms with Gasteiger partial charge >= 0.3 is 11.0 Å². The highest BCUT2D eigenvalue weighted by molar-refractivity contribution is 8.03. The summed E-state index contributed by atoms with van der Waals surface area (Å²) in [6.07, 6.45) is 0. The van der Waals surface area contributed by atoms with Crippen LogP contribution in [0, 0.1) is 11.6 Å². The summed E-state index contributed by atoms with van der Waals surface area (Å²) in [5.41, 5.74) is -11.2. The lowest BCUT2D eigenvalue weighted by molar-refractivity contribution is -0.0346. The van der Waals surface area contributed by atoms with Crippen molar-refractivity contribution in [1.29, 1.82) is 0 Å². The number of thioether (sulfide) groups is 2. The van der Waals surface area contributed by atoms with Crippen LogP contribution in [0.3, 0.4) is 0 Å². The Morgan fingerprint density at radius 1 is 0.667 bits per heavy atom. The van der Waals surface area contributed by atoms with Crippen LogP contribution in [0.25, 0.3) is 11.1 Å². The van der Waals surface area contributed by atoms with Crippen molar-refractivity contribution in [2.75, 3.05) is 0 Å². The zero-order chi connectivity index (χ0) is 18.1. The molecule has 0 saturated carbocycles. The van der Waals surface area contributed by atoms with Crippen LogP contribution >= 0.6 is 23.5 Å². The monoisotopic (exact) mass is 390 g/mol. The molecule has 0 bridgehead atoms. The lowest BCUT2D eigenvalue weighted by atomic mass is 10.0. The molecule has 2 aromatic rings. The average Bonchev–Trinajstić information content (AvgIpc) is 2.38. The highest BCUT2D eigenvalue weighted by Gasteiger charge is 2.36. The summed E-state index contributed by atoms with van der Waals surface area (Å²) in [6, 6.07) is 5.38. The predicted octanol–water partition coefficient (Wildman–Crippen LogP) is 6.86. The molecule has 0 saturated heterocycles. The molecule has 2 aromatic carbocycles. The molecule has 0 aliphatic carbocycles. The molecular formula is C14H6F8S2. The molecule has 0 aliphatic heterocycles. The third kappa shape index (κ3) is 4.79. The van der Waals surface area contributed by atoms with E-state index in [-0.39, 0.29) is 0 Å². The lowest BCUT2D eigenvalue weighted by Gasteiger charge is -2.17. The van der Waals surface area contributed by atoms with Crippen LogP contribution < -0.4 is 0 Å². The van der Waals surface area contributed by atoms with Gasteiger partial charge in [-0.15, -0.1) is 0 Å². The van der Waals surface area contributed by atoms with E-state index in [1.165, 1.54) is 0 Å². The molecule has 0 aromatic heterocycles. The van der Waals surface area contributed by atoms with Crippen LogP contribution in [0.15, 0.2) is 46.2 Å². The number of hydrogen-bond acceptors (Lipinski definition) is 2. The smallest absolute Gasteiger partial charge is 0.206 e. The van der Waals surface area contributed by atoms with Crippen LogP contribution in [0.2, 0.25) is 0 Å². The molecule has 0 amide bonds. The van der Waals surface area contributed by atoms with Crippen LogP contribution in [0.1, 0.15) is 0 Å². The molecule has 130 valence electrons. The van der Waals surface area contributed by atoms with E-state index in [2.05, 4.69) is 0 Å². The maximum absolute atomic E-state index is 13.9. The van der Waals surface area contributed by atoms with Gasteiger partial charge in [-0.2, -0.15) is 26.3 Å².